The Kier molecular flexibility index (Phi) is 2.49. The van der Waals surface area contributed by atoms with Crippen LogP contribution in [0.1, 0.15) is 6.42 Å². The lowest BCUT2D eigenvalue weighted by molar-refractivity contribution is -0.0139. The predicted molar refractivity (Wildman–Crippen MR) is 35.3 cm³/mol. The standard InChI is InChI=1S/C5H6Cl2O2/c6-4(7)5-8-2-1-3-9-5/h1-3H2. The van der Waals surface area contributed by atoms with E-state index in [9.17, 15) is 0 Å². The molecular weight excluding hydrogens is 163 g/mol. The second-order valence-electron chi connectivity index (χ2n) is 1.60. The van der Waals surface area contributed by atoms with Crippen molar-refractivity contribution < 1.29 is 9.47 Å². The van der Waals surface area contributed by atoms with Crippen molar-refractivity contribution in [3.8, 4) is 0 Å². The van der Waals surface area contributed by atoms with Gasteiger partial charge in [-0.25, -0.2) is 0 Å². The van der Waals surface area contributed by atoms with Gasteiger partial charge in [-0.1, -0.05) is 23.2 Å². The van der Waals surface area contributed by atoms with Gasteiger partial charge in [0.15, 0.2) is 4.49 Å². The first-order valence-corrected chi connectivity index (χ1v) is 3.37. The third-order valence-corrected chi connectivity index (χ3v) is 1.22. The zero-order valence-electron chi connectivity index (χ0n) is 4.69. The molecule has 0 aromatic carbocycles. The Morgan fingerprint density at radius 3 is 2.11 bits per heavy atom. The minimum atomic E-state index is 0.0645. The molecule has 1 aliphatic heterocycles. The summed E-state index contributed by atoms with van der Waals surface area (Å²) in [5.74, 6) is 0.254. The van der Waals surface area contributed by atoms with Crippen molar-refractivity contribution in [3.05, 3.63) is 10.4 Å². The van der Waals surface area contributed by atoms with Crippen LogP contribution in [0.15, 0.2) is 10.4 Å². The summed E-state index contributed by atoms with van der Waals surface area (Å²) in [4.78, 5) is 0. The fourth-order valence-corrected chi connectivity index (χ4v) is 0.758. The van der Waals surface area contributed by atoms with Crippen molar-refractivity contribution in [2.75, 3.05) is 13.2 Å². The van der Waals surface area contributed by atoms with Crippen molar-refractivity contribution in [2.45, 2.75) is 6.42 Å². The highest BCUT2D eigenvalue weighted by atomic mass is 35.5. The lowest BCUT2D eigenvalue weighted by Crippen LogP contribution is -2.10. The van der Waals surface area contributed by atoms with E-state index < -0.39 is 0 Å². The first-order valence-electron chi connectivity index (χ1n) is 2.61. The van der Waals surface area contributed by atoms with E-state index in [4.69, 9.17) is 32.7 Å². The molecule has 52 valence electrons. The topological polar surface area (TPSA) is 18.5 Å². The lowest BCUT2D eigenvalue weighted by Gasteiger charge is -2.16. The fraction of sp³-hybridized carbons (Fsp3) is 0.600. The fourth-order valence-electron chi connectivity index (χ4n) is 0.539. The highest BCUT2D eigenvalue weighted by molar-refractivity contribution is 6.56. The molecule has 0 unspecified atom stereocenters. The zero-order chi connectivity index (χ0) is 6.69. The number of halogens is 2. The zero-order valence-corrected chi connectivity index (χ0v) is 6.21. The minimum absolute atomic E-state index is 0.0645. The van der Waals surface area contributed by atoms with Crippen LogP contribution in [-0.2, 0) is 9.47 Å². The van der Waals surface area contributed by atoms with Gasteiger partial charge < -0.3 is 9.47 Å². The van der Waals surface area contributed by atoms with Gasteiger partial charge in [-0.05, 0) is 0 Å². The number of rotatable bonds is 0. The molecule has 1 heterocycles. The molecule has 0 spiro atoms. The van der Waals surface area contributed by atoms with Crippen LogP contribution in [0, 0.1) is 0 Å². The molecule has 0 amide bonds. The molecule has 1 aliphatic rings. The van der Waals surface area contributed by atoms with Gasteiger partial charge in [-0.2, -0.15) is 0 Å². The third-order valence-electron chi connectivity index (χ3n) is 0.909. The molecule has 0 bridgehead atoms. The van der Waals surface area contributed by atoms with Gasteiger partial charge in [0.1, 0.15) is 0 Å². The van der Waals surface area contributed by atoms with Crippen LogP contribution < -0.4 is 0 Å². The van der Waals surface area contributed by atoms with Crippen LogP contribution in [0.3, 0.4) is 0 Å². The molecule has 1 rings (SSSR count). The Morgan fingerprint density at radius 1 is 1.22 bits per heavy atom. The maximum absolute atomic E-state index is 5.35. The highest BCUT2D eigenvalue weighted by Gasteiger charge is 2.09. The Labute approximate surface area is 63.3 Å². The van der Waals surface area contributed by atoms with E-state index in [1.165, 1.54) is 0 Å². The Morgan fingerprint density at radius 2 is 1.78 bits per heavy atom. The molecule has 0 saturated carbocycles. The average Bonchev–Trinajstić information content (AvgIpc) is 1.90. The predicted octanol–water partition coefficient (Wildman–Crippen LogP) is 2.03. The largest absolute Gasteiger partial charge is 0.464 e. The molecule has 1 saturated heterocycles. The Bertz CT molecular complexity index is 121. The summed E-state index contributed by atoms with van der Waals surface area (Å²) >= 11 is 10.7. The molecule has 0 N–H and O–H groups in total. The third kappa shape index (κ3) is 1.95. The van der Waals surface area contributed by atoms with Gasteiger partial charge in [0, 0.05) is 6.42 Å². The molecular formula is C5H6Cl2O2. The summed E-state index contributed by atoms with van der Waals surface area (Å²) in [6, 6.07) is 0. The maximum Gasteiger partial charge on any atom is 0.310 e. The first kappa shape index (κ1) is 7.03. The number of ether oxygens (including phenoxy) is 2. The molecule has 0 aliphatic carbocycles. The summed E-state index contributed by atoms with van der Waals surface area (Å²) < 4.78 is 9.93. The quantitative estimate of drug-likeness (QED) is 0.552. The van der Waals surface area contributed by atoms with Crippen LogP contribution in [0.5, 0.6) is 0 Å². The van der Waals surface area contributed by atoms with Gasteiger partial charge in [0.2, 0.25) is 0 Å². The second-order valence-corrected chi connectivity index (χ2v) is 2.55. The summed E-state index contributed by atoms with van der Waals surface area (Å²) in [7, 11) is 0. The molecule has 2 nitrogen and oxygen atoms in total. The van der Waals surface area contributed by atoms with Crippen LogP contribution >= 0.6 is 23.2 Å². The summed E-state index contributed by atoms with van der Waals surface area (Å²) in [5, 5.41) is 0. The van der Waals surface area contributed by atoms with E-state index >= 15 is 0 Å². The summed E-state index contributed by atoms with van der Waals surface area (Å²) in [5.41, 5.74) is 0. The summed E-state index contributed by atoms with van der Waals surface area (Å²) in [6.07, 6.45) is 0.893. The van der Waals surface area contributed by atoms with Crippen LogP contribution in [-0.4, -0.2) is 13.2 Å². The SMILES string of the molecule is ClC(Cl)=C1OCCCO1. The normalized spacial score (nSPS) is 18.2. The van der Waals surface area contributed by atoms with Crippen molar-refractivity contribution in [2.24, 2.45) is 0 Å². The van der Waals surface area contributed by atoms with Crippen LogP contribution in [0.4, 0.5) is 0 Å². The Balaban J connectivity index is 2.49. The average molecular weight is 169 g/mol. The molecule has 0 radical (unpaired) electrons. The smallest absolute Gasteiger partial charge is 0.310 e. The van der Waals surface area contributed by atoms with Crippen molar-refractivity contribution in [1.29, 1.82) is 0 Å². The lowest BCUT2D eigenvalue weighted by atomic mass is 10.5. The maximum atomic E-state index is 5.35. The molecule has 4 heteroatoms. The molecule has 0 aromatic heterocycles. The van der Waals surface area contributed by atoms with E-state index in [1.807, 2.05) is 0 Å². The molecule has 0 atom stereocenters. The van der Waals surface area contributed by atoms with E-state index in [1.54, 1.807) is 0 Å². The van der Waals surface area contributed by atoms with Gasteiger partial charge in [0.05, 0.1) is 13.2 Å². The molecule has 9 heavy (non-hydrogen) atoms. The van der Waals surface area contributed by atoms with Gasteiger partial charge in [0.25, 0.3) is 0 Å². The van der Waals surface area contributed by atoms with Crippen molar-refractivity contribution in [1.82, 2.24) is 0 Å². The monoisotopic (exact) mass is 168 g/mol. The Hall–Kier alpha value is -0.0800. The highest BCUT2D eigenvalue weighted by Crippen LogP contribution is 2.19. The van der Waals surface area contributed by atoms with Gasteiger partial charge in [-0.3, -0.25) is 0 Å². The van der Waals surface area contributed by atoms with E-state index in [-0.39, 0.29) is 10.4 Å². The summed E-state index contributed by atoms with van der Waals surface area (Å²) in [6.45, 7) is 1.27. The van der Waals surface area contributed by atoms with Crippen molar-refractivity contribution in [3.63, 3.8) is 0 Å². The molecule has 0 aromatic rings. The van der Waals surface area contributed by atoms with Crippen LogP contribution in [0.2, 0.25) is 0 Å². The van der Waals surface area contributed by atoms with Crippen molar-refractivity contribution >= 4 is 23.2 Å². The van der Waals surface area contributed by atoms with E-state index in [0.29, 0.717) is 13.2 Å². The van der Waals surface area contributed by atoms with Gasteiger partial charge in [-0.15, -0.1) is 0 Å². The van der Waals surface area contributed by atoms with Crippen LogP contribution in [0.25, 0.3) is 0 Å². The minimum Gasteiger partial charge on any atom is -0.464 e. The number of hydrogen-bond donors (Lipinski definition) is 0. The van der Waals surface area contributed by atoms with E-state index in [0.717, 1.165) is 6.42 Å². The van der Waals surface area contributed by atoms with E-state index in [2.05, 4.69) is 0 Å². The first-order chi connectivity index (χ1) is 4.30. The molecule has 1 fully saturated rings. The number of hydrogen-bond acceptors (Lipinski definition) is 2. The second kappa shape index (κ2) is 3.18. The van der Waals surface area contributed by atoms with Gasteiger partial charge >= 0.3 is 5.95 Å².